The lowest BCUT2D eigenvalue weighted by molar-refractivity contribution is -0.143. The molecule has 3 N–H and O–H groups in total. The summed E-state index contributed by atoms with van der Waals surface area (Å²) in [6, 6.07) is -0.544. The number of amides is 1. The standard InChI is InChI=1S/C71H137NO5/c1-3-5-7-9-11-13-15-17-19-21-22-23-24-25-28-32-35-39-43-47-51-55-59-63-69(74)68(67-73)72-70(75)64-60-56-52-48-44-40-36-33-29-26-27-30-34-38-42-46-50-54-58-62-66-77-71(76)65-61-57-53-49-45-41-37-31-20-18-16-14-12-10-8-6-4-2/h12,14,18,20,68-69,73-74H,3-11,13,15-17,19,21-67H2,1-2H3,(H,72,75)/b14-12-,20-18-. The molecule has 0 fully saturated rings. The number of esters is 1. The molecule has 2 atom stereocenters. The number of unbranched alkanes of at least 4 members (excludes halogenated alkanes) is 51. The van der Waals surface area contributed by atoms with Crippen molar-refractivity contribution >= 4 is 11.9 Å². The zero-order chi connectivity index (χ0) is 55.7. The summed E-state index contributed by atoms with van der Waals surface area (Å²) in [6.07, 6.45) is 83.5. The Balaban J connectivity index is 3.39. The first-order valence-corrected chi connectivity index (χ1v) is 35.1. The molecule has 456 valence electrons. The number of carbonyl (C=O) groups is 2. The molecule has 0 bridgehead atoms. The van der Waals surface area contributed by atoms with Crippen LogP contribution in [0, 0.1) is 0 Å². The predicted molar refractivity (Wildman–Crippen MR) is 338 cm³/mol. The SMILES string of the molecule is CCCCC/C=C\C/C=C\CCCCCCCCCC(=O)OCCCCCCCCCCCCCCCCCCCCCCC(=O)NC(CO)C(O)CCCCCCCCCCCCCCCCCCCCCCCCC. The molecule has 0 saturated carbocycles. The summed E-state index contributed by atoms with van der Waals surface area (Å²) in [6.45, 7) is 4.96. The first kappa shape index (κ1) is 75.3. The van der Waals surface area contributed by atoms with Gasteiger partial charge in [0, 0.05) is 12.8 Å². The van der Waals surface area contributed by atoms with Crippen LogP contribution in [0.2, 0.25) is 0 Å². The summed E-state index contributed by atoms with van der Waals surface area (Å²) in [5.74, 6) is -0.0284. The van der Waals surface area contributed by atoms with Crippen molar-refractivity contribution in [1.82, 2.24) is 5.32 Å². The second-order valence-corrected chi connectivity index (χ2v) is 24.2. The van der Waals surface area contributed by atoms with Crippen LogP contribution in [0.1, 0.15) is 393 Å². The number of ether oxygens (including phenoxy) is 1. The molecule has 0 aromatic heterocycles. The predicted octanol–water partition coefficient (Wildman–Crippen LogP) is 22.5. The Kier molecular flexibility index (Phi) is 65.4. The molecule has 0 aromatic carbocycles. The maximum absolute atomic E-state index is 12.6. The van der Waals surface area contributed by atoms with E-state index in [9.17, 15) is 19.8 Å². The van der Waals surface area contributed by atoms with E-state index in [1.54, 1.807) is 0 Å². The van der Waals surface area contributed by atoms with E-state index in [4.69, 9.17) is 4.74 Å². The Hall–Kier alpha value is -1.66. The Morgan fingerprint density at radius 2 is 0.649 bits per heavy atom. The van der Waals surface area contributed by atoms with Gasteiger partial charge >= 0.3 is 5.97 Å². The number of rotatable bonds is 66. The Bertz CT molecular complexity index is 1200. The Labute approximate surface area is 481 Å². The zero-order valence-corrected chi connectivity index (χ0v) is 52.2. The number of hydrogen-bond acceptors (Lipinski definition) is 5. The topological polar surface area (TPSA) is 95.9 Å². The van der Waals surface area contributed by atoms with Crippen LogP contribution in [0.4, 0.5) is 0 Å². The molecular formula is C71H137NO5. The van der Waals surface area contributed by atoms with Crippen molar-refractivity contribution < 1.29 is 24.5 Å². The van der Waals surface area contributed by atoms with Gasteiger partial charge in [0.05, 0.1) is 25.4 Å². The molecule has 0 aliphatic carbocycles. The molecule has 0 aliphatic rings. The van der Waals surface area contributed by atoms with Gasteiger partial charge in [-0.3, -0.25) is 9.59 Å². The van der Waals surface area contributed by atoms with E-state index in [0.717, 1.165) is 51.4 Å². The van der Waals surface area contributed by atoms with Gasteiger partial charge in [0.25, 0.3) is 0 Å². The van der Waals surface area contributed by atoms with Crippen LogP contribution in [0.25, 0.3) is 0 Å². The van der Waals surface area contributed by atoms with Crippen molar-refractivity contribution in [2.75, 3.05) is 13.2 Å². The smallest absolute Gasteiger partial charge is 0.305 e. The van der Waals surface area contributed by atoms with Crippen LogP contribution in [0.5, 0.6) is 0 Å². The third-order valence-corrected chi connectivity index (χ3v) is 16.5. The summed E-state index contributed by atoms with van der Waals surface area (Å²) < 4.78 is 5.50. The lowest BCUT2D eigenvalue weighted by Crippen LogP contribution is -2.45. The normalized spacial score (nSPS) is 12.6. The first-order valence-electron chi connectivity index (χ1n) is 35.1. The summed E-state index contributed by atoms with van der Waals surface area (Å²) in [5, 5.41) is 23.4. The molecule has 0 spiro atoms. The molecule has 1 amide bonds. The number of aliphatic hydroxyl groups is 2. The van der Waals surface area contributed by atoms with E-state index in [0.29, 0.717) is 25.9 Å². The summed E-state index contributed by atoms with van der Waals surface area (Å²) >= 11 is 0. The van der Waals surface area contributed by atoms with E-state index < -0.39 is 12.1 Å². The number of allylic oxidation sites excluding steroid dienone is 4. The van der Waals surface area contributed by atoms with Crippen LogP contribution in [0.15, 0.2) is 24.3 Å². The van der Waals surface area contributed by atoms with Crippen molar-refractivity contribution in [2.45, 2.75) is 405 Å². The van der Waals surface area contributed by atoms with Gasteiger partial charge < -0.3 is 20.3 Å². The zero-order valence-electron chi connectivity index (χ0n) is 52.2. The molecular weight excluding hydrogens is 947 g/mol. The minimum absolute atomic E-state index is 0.00398. The van der Waals surface area contributed by atoms with Crippen LogP contribution in [-0.2, 0) is 14.3 Å². The average Bonchev–Trinajstić information content (AvgIpc) is 3.43. The van der Waals surface area contributed by atoms with E-state index in [1.165, 1.54) is 308 Å². The second kappa shape index (κ2) is 66.8. The third kappa shape index (κ3) is 63.4. The monoisotopic (exact) mass is 1080 g/mol. The number of hydrogen-bond donors (Lipinski definition) is 3. The van der Waals surface area contributed by atoms with E-state index in [2.05, 4.69) is 43.5 Å². The van der Waals surface area contributed by atoms with E-state index in [-0.39, 0.29) is 18.5 Å². The van der Waals surface area contributed by atoms with Crippen LogP contribution >= 0.6 is 0 Å². The first-order chi connectivity index (χ1) is 38.0. The second-order valence-electron chi connectivity index (χ2n) is 24.2. The Morgan fingerprint density at radius 1 is 0.364 bits per heavy atom. The van der Waals surface area contributed by atoms with Gasteiger partial charge in [0.2, 0.25) is 5.91 Å². The highest BCUT2D eigenvalue weighted by Crippen LogP contribution is 2.19. The third-order valence-electron chi connectivity index (χ3n) is 16.5. The quantitative estimate of drug-likeness (QED) is 0.0320. The molecule has 0 rings (SSSR count). The van der Waals surface area contributed by atoms with Crippen LogP contribution < -0.4 is 5.32 Å². The lowest BCUT2D eigenvalue weighted by Gasteiger charge is -2.22. The minimum Gasteiger partial charge on any atom is -0.466 e. The highest BCUT2D eigenvalue weighted by molar-refractivity contribution is 5.76. The fraction of sp³-hybridized carbons (Fsp3) is 0.915. The summed E-state index contributed by atoms with van der Waals surface area (Å²) in [4.78, 5) is 24.6. The highest BCUT2D eigenvalue weighted by Gasteiger charge is 2.20. The minimum atomic E-state index is -0.667. The van der Waals surface area contributed by atoms with E-state index in [1.807, 2.05) is 0 Å². The number of nitrogens with one attached hydrogen (secondary N) is 1. The summed E-state index contributed by atoms with van der Waals surface area (Å²) in [5.41, 5.74) is 0. The maximum atomic E-state index is 12.6. The van der Waals surface area contributed by atoms with Crippen molar-refractivity contribution in [3.8, 4) is 0 Å². The van der Waals surface area contributed by atoms with Crippen molar-refractivity contribution in [1.29, 1.82) is 0 Å². The molecule has 0 saturated heterocycles. The van der Waals surface area contributed by atoms with Gasteiger partial charge in [0.15, 0.2) is 0 Å². The number of aliphatic hydroxyl groups excluding tert-OH is 2. The van der Waals surface area contributed by atoms with Gasteiger partial charge in [-0.2, -0.15) is 0 Å². The molecule has 6 nitrogen and oxygen atoms in total. The van der Waals surface area contributed by atoms with Crippen LogP contribution in [0.3, 0.4) is 0 Å². The molecule has 2 unspecified atom stereocenters. The number of carbonyl (C=O) groups excluding carboxylic acids is 2. The van der Waals surface area contributed by atoms with Gasteiger partial charge in [-0.25, -0.2) is 0 Å². The van der Waals surface area contributed by atoms with Crippen molar-refractivity contribution in [2.24, 2.45) is 0 Å². The maximum Gasteiger partial charge on any atom is 0.305 e. The fourth-order valence-corrected chi connectivity index (χ4v) is 11.1. The van der Waals surface area contributed by atoms with Gasteiger partial charge in [-0.15, -0.1) is 0 Å². The fourth-order valence-electron chi connectivity index (χ4n) is 11.1. The molecule has 6 heteroatoms. The highest BCUT2D eigenvalue weighted by atomic mass is 16.5. The summed E-state index contributed by atoms with van der Waals surface area (Å²) in [7, 11) is 0. The molecule has 77 heavy (non-hydrogen) atoms. The lowest BCUT2D eigenvalue weighted by atomic mass is 10.0. The van der Waals surface area contributed by atoms with E-state index >= 15 is 0 Å². The Morgan fingerprint density at radius 3 is 1.01 bits per heavy atom. The largest absolute Gasteiger partial charge is 0.466 e. The van der Waals surface area contributed by atoms with Gasteiger partial charge in [-0.05, 0) is 57.8 Å². The van der Waals surface area contributed by atoms with Crippen LogP contribution in [-0.4, -0.2) is 47.4 Å². The van der Waals surface area contributed by atoms with Gasteiger partial charge in [-0.1, -0.05) is 346 Å². The molecule has 0 aromatic rings. The van der Waals surface area contributed by atoms with Gasteiger partial charge in [0.1, 0.15) is 0 Å². The molecule has 0 radical (unpaired) electrons. The molecule has 0 heterocycles. The molecule has 0 aliphatic heterocycles. The van der Waals surface area contributed by atoms with Crippen molar-refractivity contribution in [3.05, 3.63) is 24.3 Å². The van der Waals surface area contributed by atoms with Crippen molar-refractivity contribution in [3.63, 3.8) is 0 Å². The average molecular weight is 1080 g/mol.